The van der Waals surface area contributed by atoms with Crippen LogP contribution < -0.4 is 4.74 Å². The lowest BCUT2D eigenvalue weighted by Gasteiger charge is -2.23. The van der Waals surface area contributed by atoms with Crippen molar-refractivity contribution in [2.45, 2.75) is 42.9 Å². The molecule has 0 amide bonds. The Labute approximate surface area is 166 Å². The number of hydrogen-bond acceptors (Lipinski definition) is 6. The Morgan fingerprint density at radius 1 is 1.19 bits per heavy atom. The number of benzene rings is 1. The van der Waals surface area contributed by atoms with Gasteiger partial charge in [-0.05, 0) is 66.9 Å². The molecule has 0 atom stereocenters. The van der Waals surface area contributed by atoms with Gasteiger partial charge in [0.05, 0.1) is 6.61 Å². The van der Waals surface area contributed by atoms with Crippen LogP contribution >= 0.6 is 34.9 Å². The average Bonchev–Trinajstić information content (AvgIpc) is 2.67. The largest absolute Gasteiger partial charge is 0.468 e. The molecule has 26 heavy (non-hydrogen) atoms. The first-order valence-electron chi connectivity index (χ1n) is 9.12. The minimum absolute atomic E-state index is 0.135. The molecule has 3 nitrogen and oxygen atoms in total. The van der Waals surface area contributed by atoms with Crippen LogP contribution in [0.15, 0.2) is 34.0 Å². The van der Waals surface area contributed by atoms with E-state index in [-0.39, 0.29) is 4.74 Å². The summed E-state index contributed by atoms with van der Waals surface area (Å²) in [4.78, 5) is 23.4. The molecular formula is C20H24O3S3. The summed E-state index contributed by atoms with van der Waals surface area (Å²) in [5.41, 5.74) is 1.43. The summed E-state index contributed by atoms with van der Waals surface area (Å²) in [5, 5.41) is 1.31. The lowest BCUT2D eigenvalue weighted by Crippen LogP contribution is -2.09. The summed E-state index contributed by atoms with van der Waals surface area (Å²) in [5.74, 6) is 4.06. The number of hydrogen-bond donors (Lipinski definition) is 0. The summed E-state index contributed by atoms with van der Waals surface area (Å²) in [7, 11) is 0. The number of thioether (sulfide) groups is 2. The van der Waals surface area contributed by atoms with E-state index in [2.05, 4.69) is 18.2 Å². The second-order valence-corrected chi connectivity index (χ2v) is 9.82. The Hall–Kier alpha value is -0.980. The van der Waals surface area contributed by atoms with Gasteiger partial charge in [-0.3, -0.25) is 9.59 Å². The molecule has 0 radical (unpaired) electrons. The fourth-order valence-electron chi connectivity index (χ4n) is 3.37. The van der Waals surface area contributed by atoms with Crippen LogP contribution in [0.2, 0.25) is 0 Å². The second kappa shape index (κ2) is 10.4. The minimum atomic E-state index is 0.135. The SMILES string of the molecule is O=COCCCCCSc1cc(=O)sc2cccc(C3CCSCC3)c12. The van der Waals surface area contributed by atoms with Crippen LogP contribution in [0.25, 0.3) is 10.1 Å². The molecule has 6 heteroatoms. The standard InChI is InChI=1S/C20H24O3S3/c21-14-23-9-2-1-3-10-25-18-13-19(22)26-17-6-4-5-16(20(17)18)15-7-11-24-12-8-15/h4-6,13-15H,1-3,7-12H2. The van der Waals surface area contributed by atoms with E-state index in [1.165, 1.54) is 46.6 Å². The minimum Gasteiger partial charge on any atom is -0.468 e. The zero-order chi connectivity index (χ0) is 18.2. The van der Waals surface area contributed by atoms with Crippen molar-refractivity contribution in [3.05, 3.63) is 39.4 Å². The van der Waals surface area contributed by atoms with Crippen molar-refractivity contribution >= 4 is 51.4 Å². The molecular weight excluding hydrogens is 384 g/mol. The molecule has 0 N–H and O–H groups in total. The van der Waals surface area contributed by atoms with Gasteiger partial charge >= 0.3 is 0 Å². The van der Waals surface area contributed by atoms with Crippen molar-refractivity contribution < 1.29 is 9.53 Å². The maximum atomic E-state index is 12.2. The lowest BCUT2D eigenvalue weighted by atomic mass is 9.91. The Bertz CT molecular complexity index is 781. The molecule has 140 valence electrons. The third kappa shape index (κ3) is 5.27. The second-order valence-electron chi connectivity index (χ2n) is 6.41. The zero-order valence-corrected chi connectivity index (χ0v) is 17.2. The third-order valence-corrected chi connectivity index (χ3v) is 7.71. The van der Waals surface area contributed by atoms with Crippen molar-refractivity contribution in [3.63, 3.8) is 0 Å². The predicted molar refractivity (Wildman–Crippen MR) is 114 cm³/mol. The van der Waals surface area contributed by atoms with Crippen molar-refractivity contribution in [3.8, 4) is 0 Å². The highest BCUT2D eigenvalue weighted by molar-refractivity contribution is 7.99. The average molecular weight is 409 g/mol. The van der Waals surface area contributed by atoms with Crippen LogP contribution in [-0.4, -0.2) is 30.3 Å². The van der Waals surface area contributed by atoms with Gasteiger partial charge in [0.2, 0.25) is 4.74 Å². The lowest BCUT2D eigenvalue weighted by molar-refractivity contribution is -0.128. The summed E-state index contributed by atoms with van der Waals surface area (Å²) in [6.07, 6.45) is 5.45. The van der Waals surface area contributed by atoms with Crippen LogP contribution in [0.3, 0.4) is 0 Å². The Morgan fingerprint density at radius 3 is 2.85 bits per heavy atom. The molecule has 0 spiro atoms. The Kier molecular flexibility index (Phi) is 7.89. The Morgan fingerprint density at radius 2 is 2.04 bits per heavy atom. The predicted octanol–water partition coefficient (Wildman–Crippen LogP) is 5.31. The molecule has 2 aromatic rings. The van der Waals surface area contributed by atoms with E-state index >= 15 is 0 Å². The van der Waals surface area contributed by atoms with Gasteiger partial charge in [0.15, 0.2) is 0 Å². The highest BCUT2D eigenvalue weighted by atomic mass is 32.2. The first-order chi connectivity index (χ1) is 12.8. The van der Waals surface area contributed by atoms with Crippen molar-refractivity contribution in [2.75, 3.05) is 23.9 Å². The van der Waals surface area contributed by atoms with Crippen LogP contribution in [-0.2, 0) is 9.53 Å². The van der Waals surface area contributed by atoms with Gasteiger partial charge in [-0.2, -0.15) is 11.8 Å². The van der Waals surface area contributed by atoms with Gasteiger partial charge in [0.1, 0.15) is 0 Å². The zero-order valence-electron chi connectivity index (χ0n) is 14.8. The van der Waals surface area contributed by atoms with E-state index in [0.717, 1.165) is 34.6 Å². The molecule has 0 bridgehead atoms. The van der Waals surface area contributed by atoms with Crippen molar-refractivity contribution in [1.82, 2.24) is 0 Å². The van der Waals surface area contributed by atoms with Gasteiger partial charge in [0, 0.05) is 21.0 Å². The molecule has 1 aliphatic heterocycles. The smallest absolute Gasteiger partial charge is 0.293 e. The fourth-order valence-corrected chi connectivity index (χ4v) is 6.62. The van der Waals surface area contributed by atoms with Gasteiger partial charge in [-0.1, -0.05) is 23.5 Å². The highest BCUT2D eigenvalue weighted by Gasteiger charge is 2.20. The Balaban J connectivity index is 1.75. The highest BCUT2D eigenvalue weighted by Crippen LogP contribution is 2.39. The van der Waals surface area contributed by atoms with Crippen LogP contribution in [0.4, 0.5) is 0 Å². The van der Waals surface area contributed by atoms with Crippen molar-refractivity contribution in [2.24, 2.45) is 0 Å². The van der Waals surface area contributed by atoms with E-state index in [9.17, 15) is 9.59 Å². The maximum absolute atomic E-state index is 12.2. The molecule has 0 unspecified atom stereocenters. The van der Waals surface area contributed by atoms with Crippen LogP contribution in [0.1, 0.15) is 43.6 Å². The molecule has 1 aromatic heterocycles. The summed E-state index contributed by atoms with van der Waals surface area (Å²) in [6.45, 7) is 1.01. The molecule has 2 heterocycles. The molecule has 1 fully saturated rings. The molecule has 1 aliphatic rings. The van der Waals surface area contributed by atoms with Crippen LogP contribution in [0.5, 0.6) is 0 Å². The molecule has 1 aromatic carbocycles. The maximum Gasteiger partial charge on any atom is 0.293 e. The van der Waals surface area contributed by atoms with E-state index in [0.29, 0.717) is 19.0 Å². The van der Waals surface area contributed by atoms with Gasteiger partial charge in [-0.25, -0.2) is 0 Å². The van der Waals surface area contributed by atoms with E-state index in [1.807, 2.05) is 17.8 Å². The number of rotatable bonds is 9. The molecule has 1 saturated heterocycles. The molecule has 0 aliphatic carbocycles. The summed E-state index contributed by atoms with van der Waals surface area (Å²) < 4.78 is 5.98. The van der Waals surface area contributed by atoms with E-state index in [4.69, 9.17) is 4.74 Å². The van der Waals surface area contributed by atoms with Crippen molar-refractivity contribution in [1.29, 1.82) is 0 Å². The van der Waals surface area contributed by atoms with E-state index in [1.54, 1.807) is 11.8 Å². The fraction of sp³-hybridized carbons (Fsp3) is 0.500. The number of unbranched alkanes of at least 4 members (excludes halogenated alkanes) is 2. The summed E-state index contributed by atoms with van der Waals surface area (Å²) >= 11 is 5.21. The third-order valence-electron chi connectivity index (χ3n) is 4.66. The van der Waals surface area contributed by atoms with Gasteiger partial charge in [0.25, 0.3) is 6.47 Å². The number of ether oxygens (including phenoxy) is 1. The number of carbonyl (C=O) groups excluding carboxylic acids is 1. The number of fused-ring (bicyclic) bond motifs is 1. The number of carbonyl (C=O) groups is 1. The van der Waals surface area contributed by atoms with Crippen LogP contribution in [0, 0.1) is 0 Å². The molecule has 3 rings (SSSR count). The van der Waals surface area contributed by atoms with Gasteiger partial charge < -0.3 is 4.74 Å². The normalized spacial score (nSPS) is 15.2. The van der Waals surface area contributed by atoms with E-state index < -0.39 is 0 Å². The first-order valence-corrected chi connectivity index (χ1v) is 12.1. The van der Waals surface area contributed by atoms with Gasteiger partial charge in [-0.15, -0.1) is 11.8 Å². The first kappa shape index (κ1) is 19.8. The topological polar surface area (TPSA) is 43.4 Å². The monoisotopic (exact) mass is 408 g/mol. The molecule has 0 saturated carbocycles. The quantitative estimate of drug-likeness (QED) is 0.320. The summed E-state index contributed by atoms with van der Waals surface area (Å²) in [6, 6.07) is 8.29.